The zero-order chi connectivity index (χ0) is 23.7. The Morgan fingerprint density at radius 3 is 2.24 bits per heavy atom. The van der Waals surface area contributed by atoms with Gasteiger partial charge in [0, 0.05) is 12.0 Å². The molecule has 0 bridgehead atoms. The molecule has 0 aromatic heterocycles. The van der Waals surface area contributed by atoms with Crippen LogP contribution in [0.15, 0.2) is 48.5 Å². The predicted octanol–water partition coefficient (Wildman–Crippen LogP) is 4.16. The summed E-state index contributed by atoms with van der Waals surface area (Å²) in [5.41, 5.74) is 4.53. The molecular formula is C27H30N2O5. The number of nitrogens with one attached hydrogen (secondary N) is 1. The molecule has 0 radical (unpaired) electrons. The molecule has 2 N–H and O–H groups in total. The van der Waals surface area contributed by atoms with Gasteiger partial charge in [0.1, 0.15) is 19.2 Å². The van der Waals surface area contributed by atoms with Crippen molar-refractivity contribution in [3.05, 3.63) is 59.7 Å². The maximum Gasteiger partial charge on any atom is 0.407 e. The number of nitrogens with zero attached hydrogens (tertiary/aromatic N) is 1. The van der Waals surface area contributed by atoms with Gasteiger partial charge < -0.3 is 20.1 Å². The van der Waals surface area contributed by atoms with Gasteiger partial charge in [-0.05, 0) is 53.9 Å². The Hall–Kier alpha value is -3.35. The number of hydrogen-bond donors (Lipinski definition) is 2. The number of fused-ring (bicyclic) bond motifs is 4. The fourth-order valence-corrected chi connectivity index (χ4v) is 6.12. The van der Waals surface area contributed by atoms with Gasteiger partial charge in [0.2, 0.25) is 5.91 Å². The highest BCUT2D eigenvalue weighted by atomic mass is 16.5. The third-order valence-corrected chi connectivity index (χ3v) is 7.67. The first kappa shape index (κ1) is 22.4. The van der Waals surface area contributed by atoms with Crippen molar-refractivity contribution in [3.63, 3.8) is 0 Å². The summed E-state index contributed by atoms with van der Waals surface area (Å²) in [5.74, 6) is -1.03. The van der Waals surface area contributed by atoms with Gasteiger partial charge in [-0.25, -0.2) is 9.59 Å². The minimum absolute atomic E-state index is 0.0552. The fourth-order valence-electron chi connectivity index (χ4n) is 6.12. The molecule has 0 spiro atoms. The average molecular weight is 463 g/mol. The number of piperidine rings is 1. The van der Waals surface area contributed by atoms with Crippen molar-refractivity contribution in [1.29, 1.82) is 0 Å². The van der Waals surface area contributed by atoms with Crippen molar-refractivity contribution in [2.24, 2.45) is 5.92 Å². The molecule has 178 valence electrons. The zero-order valence-electron chi connectivity index (χ0n) is 19.1. The van der Waals surface area contributed by atoms with Crippen LogP contribution >= 0.6 is 0 Å². The lowest BCUT2D eigenvalue weighted by Crippen LogP contribution is -2.59. The molecule has 3 atom stereocenters. The minimum atomic E-state index is -0.974. The Labute approximate surface area is 199 Å². The number of amides is 2. The highest BCUT2D eigenvalue weighted by Gasteiger charge is 2.43. The Morgan fingerprint density at radius 2 is 1.56 bits per heavy atom. The molecule has 34 heavy (non-hydrogen) atoms. The first-order valence-corrected chi connectivity index (χ1v) is 12.2. The lowest BCUT2D eigenvalue weighted by Gasteiger charge is -2.47. The van der Waals surface area contributed by atoms with Gasteiger partial charge in [0.25, 0.3) is 0 Å². The number of rotatable bonds is 5. The van der Waals surface area contributed by atoms with Crippen molar-refractivity contribution in [2.75, 3.05) is 13.2 Å². The molecule has 7 nitrogen and oxygen atoms in total. The van der Waals surface area contributed by atoms with Crippen LogP contribution in [0.2, 0.25) is 0 Å². The molecule has 1 saturated heterocycles. The Bertz CT molecular complexity index is 1050. The number of aliphatic carboxylic acids is 1. The molecule has 2 aliphatic carbocycles. The molecule has 7 heteroatoms. The van der Waals surface area contributed by atoms with E-state index in [4.69, 9.17) is 4.74 Å². The molecule has 1 heterocycles. The highest BCUT2D eigenvalue weighted by molar-refractivity contribution is 5.87. The third kappa shape index (κ3) is 4.15. The van der Waals surface area contributed by atoms with Crippen molar-refractivity contribution in [2.45, 2.75) is 56.5 Å². The second-order valence-corrected chi connectivity index (χ2v) is 9.52. The van der Waals surface area contributed by atoms with Crippen LogP contribution in [0.5, 0.6) is 0 Å². The van der Waals surface area contributed by atoms with Gasteiger partial charge in [0.05, 0.1) is 0 Å². The number of benzene rings is 2. The molecule has 2 fully saturated rings. The zero-order valence-corrected chi connectivity index (χ0v) is 19.1. The van der Waals surface area contributed by atoms with Crippen molar-refractivity contribution in [3.8, 4) is 11.1 Å². The van der Waals surface area contributed by atoms with Crippen LogP contribution < -0.4 is 5.32 Å². The maximum atomic E-state index is 13.1. The van der Waals surface area contributed by atoms with Gasteiger partial charge in [-0.1, -0.05) is 61.4 Å². The lowest BCUT2D eigenvalue weighted by atomic mass is 9.76. The van der Waals surface area contributed by atoms with Gasteiger partial charge in [-0.2, -0.15) is 0 Å². The van der Waals surface area contributed by atoms with Gasteiger partial charge >= 0.3 is 12.1 Å². The van der Waals surface area contributed by atoms with E-state index in [9.17, 15) is 19.5 Å². The summed E-state index contributed by atoms with van der Waals surface area (Å²) in [4.78, 5) is 38.9. The van der Waals surface area contributed by atoms with E-state index in [0.717, 1.165) is 54.4 Å². The van der Waals surface area contributed by atoms with Crippen LogP contribution in [-0.4, -0.2) is 53.2 Å². The standard InChI is InChI=1S/C27H30N2O5/c30-25(29-23-12-6-1-7-17(23)13-14-24(29)26(31)32)15-28-27(33)34-16-22-20-10-4-2-8-18(20)19-9-3-5-11-21(19)22/h2-5,8-11,17,22-24H,1,6-7,12-16H2,(H,28,33)(H,31,32). The van der Waals surface area contributed by atoms with E-state index in [1.165, 1.54) is 4.90 Å². The third-order valence-electron chi connectivity index (χ3n) is 7.67. The highest BCUT2D eigenvalue weighted by Crippen LogP contribution is 2.44. The molecule has 1 aliphatic heterocycles. The summed E-state index contributed by atoms with van der Waals surface area (Å²) in [7, 11) is 0. The van der Waals surface area contributed by atoms with Gasteiger partial charge in [-0.15, -0.1) is 0 Å². The molecule has 3 unspecified atom stereocenters. The van der Waals surface area contributed by atoms with Crippen LogP contribution in [0.25, 0.3) is 11.1 Å². The lowest BCUT2D eigenvalue weighted by molar-refractivity contribution is -0.157. The van der Waals surface area contributed by atoms with E-state index in [-0.39, 0.29) is 31.0 Å². The Kier molecular flexibility index (Phi) is 6.26. The molecule has 2 aromatic rings. The van der Waals surface area contributed by atoms with Crippen molar-refractivity contribution >= 4 is 18.0 Å². The van der Waals surface area contributed by atoms with E-state index >= 15 is 0 Å². The Balaban J connectivity index is 1.21. The number of ether oxygens (including phenoxy) is 1. The summed E-state index contributed by atoms with van der Waals surface area (Å²) in [6.07, 6.45) is 4.61. The fraction of sp³-hybridized carbons (Fsp3) is 0.444. The SMILES string of the molecule is O=C(NCC(=O)N1C(C(=O)O)CCC2CCCCC21)OCC1c2ccccc2-c2ccccc21. The number of hydrogen-bond acceptors (Lipinski definition) is 4. The van der Waals surface area contributed by atoms with Gasteiger partial charge in [0.15, 0.2) is 0 Å². The quantitative estimate of drug-likeness (QED) is 0.696. The molecule has 2 amide bonds. The largest absolute Gasteiger partial charge is 0.480 e. The summed E-state index contributed by atoms with van der Waals surface area (Å²) < 4.78 is 5.52. The first-order valence-electron chi connectivity index (χ1n) is 12.2. The van der Waals surface area contributed by atoms with E-state index in [1.807, 2.05) is 36.4 Å². The summed E-state index contributed by atoms with van der Waals surface area (Å²) in [5, 5.41) is 12.2. The summed E-state index contributed by atoms with van der Waals surface area (Å²) in [6.45, 7) is -0.0934. The van der Waals surface area contributed by atoms with Crippen LogP contribution in [0.1, 0.15) is 55.6 Å². The topological polar surface area (TPSA) is 95.9 Å². The summed E-state index contributed by atoms with van der Waals surface area (Å²) >= 11 is 0. The number of carboxylic acid groups (broad SMARTS) is 1. The number of alkyl carbamates (subject to hydrolysis) is 1. The minimum Gasteiger partial charge on any atom is -0.480 e. The van der Waals surface area contributed by atoms with E-state index in [0.29, 0.717) is 12.3 Å². The molecular weight excluding hydrogens is 432 g/mol. The molecule has 1 saturated carbocycles. The predicted molar refractivity (Wildman–Crippen MR) is 126 cm³/mol. The molecule has 3 aliphatic rings. The van der Waals surface area contributed by atoms with E-state index < -0.39 is 18.1 Å². The second kappa shape index (κ2) is 9.49. The average Bonchev–Trinajstić information content (AvgIpc) is 3.19. The van der Waals surface area contributed by atoms with Crippen LogP contribution in [0.3, 0.4) is 0 Å². The number of likely N-dealkylation sites (tertiary alicyclic amines) is 1. The smallest absolute Gasteiger partial charge is 0.407 e. The van der Waals surface area contributed by atoms with Crippen LogP contribution in [-0.2, 0) is 14.3 Å². The van der Waals surface area contributed by atoms with E-state index in [1.54, 1.807) is 0 Å². The number of carbonyl (C=O) groups excluding carboxylic acids is 2. The Morgan fingerprint density at radius 1 is 0.912 bits per heavy atom. The number of carbonyl (C=O) groups is 3. The van der Waals surface area contributed by atoms with E-state index in [2.05, 4.69) is 17.4 Å². The maximum absolute atomic E-state index is 13.1. The van der Waals surface area contributed by atoms with Crippen LogP contribution in [0, 0.1) is 5.92 Å². The molecule has 5 rings (SSSR count). The van der Waals surface area contributed by atoms with Crippen molar-refractivity contribution in [1.82, 2.24) is 10.2 Å². The van der Waals surface area contributed by atoms with Gasteiger partial charge in [-0.3, -0.25) is 4.79 Å². The van der Waals surface area contributed by atoms with Crippen LogP contribution in [0.4, 0.5) is 4.79 Å². The first-order chi connectivity index (χ1) is 16.5. The second-order valence-electron chi connectivity index (χ2n) is 9.52. The summed E-state index contributed by atoms with van der Waals surface area (Å²) in [6, 6.07) is 15.3. The monoisotopic (exact) mass is 462 g/mol. The van der Waals surface area contributed by atoms with Crippen molar-refractivity contribution < 1.29 is 24.2 Å². The normalized spacial score (nSPS) is 23.4. The molecule has 2 aromatic carbocycles. The number of carboxylic acids is 1.